The zero-order valence-corrected chi connectivity index (χ0v) is 6.85. The summed E-state index contributed by atoms with van der Waals surface area (Å²) >= 11 is 5.65. The molecule has 0 spiro atoms. The Morgan fingerprint density at radius 2 is 2.25 bits per heavy atom. The number of hydrogen-bond acceptors (Lipinski definition) is 2. The number of carbonyl (C=O) groups excluding carboxylic acids is 1. The highest BCUT2D eigenvalue weighted by Gasteiger charge is 2.20. The van der Waals surface area contributed by atoms with E-state index in [9.17, 15) is 9.90 Å². The van der Waals surface area contributed by atoms with Gasteiger partial charge in [-0.3, -0.25) is 4.79 Å². The molecule has 1 amide bonds. The van der Waals surface area contributed by atoms with Gasteiger partial charge in [-0.2, -0.15) is 0 Å². The number of carbonyl (C=O) groups is 1. The highest BCUT2D eigenvalue weighted by atomic mass is 35.5. The van der Waals surface area contributed by atoms with Crippen molar-refractivity contribution in [3.8, 4) is 5.75 Å². The minimum absolute atomic E-state index is 0.0486. The summed E-state index contributed by atoms with van der Waals surface area (Å²) in [6.07, 6.45) is 0. The molecule has 0 aliphatic carbocycles. The monoisotopic (exact) mass is 183 g/mol. The third-order valence-electron chi connectivity index (χ3n) is 1.86. The molecule has 1 heterocycles. The molecule has 12 heavy (non-hydrogen) atoms. The van der Waals surface area contributed by atoms with Crippen molar-refractivity contribution in [1.82, 2.24) is 5.32 Å². The van der Waals surface area contributed by atoms with Gasteiger partial charge in [-0.15, -0.1) is 0 Å². The quantitative estimate of drug-likeness (QED) is 0.637. The minimum atomic E-state index is -0.156. The topological polar surface area (TPSA) is 49.3 Å². The Balaban J connectivity index is 2.63. The van der Waals surface area contributed by atoms with E-state index in [1.54, 1.807) is 6.07 Å². The molecule has 0 aromatic heterocycles. The van der Waals surface area contributed by atoms with Crippen LogP contribution in [0, 0.1) is 0 Å². The number of nitrogens with one attached hydrogen (secondary N) is 1. The first-order valence-corrected chi connectivity index (χ1v) is 3.86. The predicted octanol–water partition coefficient (Wildman–Crippen LogP) is 1.29. The second-order valence-corrected chi connectivity index (χ2v) is 3.05. The van der Waals surface area contributed by atoms with Crippen LogP contribution in [0.1, 0.15) is 15.9 Å². The van der Waals surface area contributed by atoms with Gasteiger partial charge in [-0.1, -0.05) is 11.6 Å². The van der Waals surface area contributed by atoms with Crippen molar-refractivity contribution in [2.24, 2.45) is 0 Å². The van der Waals surface area contributed by atoms with Crippen LogP contribution in [-0.2, 0) is 6.54 Å². The molecule has 1 aromatic rings. The van der Waals surface area contributed by atoms with E-state index in [0.29, 0.717) is 12.1 Å². The van der Waals surface area contributed by atoms with Gasteiger partial charge < -0.3 is 10.4 Å². The number of halogens is 1. The maximum absolute atomic E-state index is 11.1. The molecule has 0 saturated carbocycles. The van der Waals surface area contributed by atoms with Gasteiger partial charge in [0.1, 0.15) is 5.75 Å². The van der Waals surface area contributed by atoms with Crippen LogP contribution in [0.5, 0.6) is 5.75 Å². The number of amides is 1. The molecule has 2 N–H and O–H groups in total. The normalized spacial score (nSPS) is 14.2. The minimum Gasteiger partial charge on any atom is -0.506 e. The molecule has 0 radical (unpaired) electrons. The van der Waals surface area contributed by atoms with E-state index in [1.165, 1.54) is 6.07 Å². The van der Waals surface area contributed by atoms with Gasteiger partial charge in [0.15, 0.2) is 0 Å². The third-order valence-corrected chi connectivity index (χ3v) is 2.16. The number of hydrogen-bond donors (Lipinski definition) is 2. The molecule has 1 aliphatic heterocycles. The molecule has 0 unspecified atom stereocenters. The lowest BCUT2D eigenvalue weighted by Gasteiger charge is -1.98. The predicted molar refractivity (Wildman–Crippen MR) is 44.3 cm³/mol. The van der Waals surface area contributed by atoms with Crippen molar-refractivity contribution in [3.63, 3.8) is 0 Å². The van der Waals surface area contributed by atoms with Gasteiger partial charge in [0.05, 0.1) is 5.02 Å². The summed E-state index contributed by atoms with van der Waals surface area (Å²) in [5, 5.41) is 12.1. The van der Waals surface area contributed by atoms with E-state index in [1.807, 2.05) is 0 Å². The van der Waals surface area contributed by atoms with E-state index in [0.717, 1.165) is 5.56 Å². The maximum atomic E-state index is 11.1. The highest BCUT2D eigenvalue weighted by Crippen LogP contribution is 2.28. The Morgan fingerprint density at radius 3 is 3.00 bits per heavy atom. The highest BCUT2D eigenvalue weighted by molar-refractivity contribution is 6.32. The number of phenols is 1. The fourth-order valence-corrected chi connectivity index (χ4v) is 1.42. The van der Waals surface area contributed by atoms with Gasteiger partial charge in [0, 0.05) is 12.1 Å². The maximum Gasteiger partial charge on any atom is 0.252 e. The zero-order valence-electron chi connectivity index (χ0n) is 6.10. The Bertz CT molecular complexity index is 362. The molecule has 4 heteroatoms. The summed E-state index contributed by atoms with van der Waals surface area (Å²) in [6.45, 7) is 0.494. The van der Waals surface area contributed by atoms with Crippen molar-refractivity contribution in [3.05, 3.63) is 28.3 Å². The number of aromatic hydroxyl groups is 1. The van der Waals surface area contributed by atoms with E-state index in [2.05, 4.69) is 5.32 Å². The van der Waals surface area contributed by atoms with E-state index < -0.39 is 0 Å². The molecule has 0 fully saturated rings. The number of benzene rings is 1. The molecule has 62 valence electrons. The second kappa shape index (κ2) is 2.38. The standard InChI is InChI=1S/C8H6ClNO2/c9-6-1-4-3-10-8(12)5(4)2-7(6)11/h1-2,11H,3H2,(H,10,12). The molecular formula is C8H6ClNO2. The zero-order chi connectivity index (χ0) is 8.72. The first-order valence-electron chi connectivity index (χ1n) is 3.48. The molecule has 1 aliphatic rings. The van der Waals surface area contributed by atoms with Gasteiger partial charge in [0.25, 0.3) is 5.91 Å². The van der Waals surface area contributed by atoms with Crippen LogP contribution >= 0.6 is 11.6 Å². The van der Waals surface area contributed by atoms with Crippen LogP contribution in [-0.4, -0.2) is 11.0 Å². The second-order valence-electron chi connectivity index (χ2n) is 2.64. The summed E-state index contributed by atoms with van der Waals surface area (Å²) in [6, 6.07) is 2.99. The lowest BCUT2D eigenvalue weighted by atomic mass is 10.1. The van der Waals surface area contributed by atoms with Crippen molar-refractivity contribution in [2.45, 2.75) is 6.54 Å². The lowest BCUT2D eigenvalue weighted by Crippen LogP contribution is -2.12. The van der Waals surface area contributed by atoms with Gasteiger partial charge >= 0.3 is 0 Å². The van der Waals surface area contributed by atoms with Crippen molar-refractivity contribution in [1.29, 1.82) is 0 Å². The molecule has 0 bridgehead atoms. The van der Waals surface area contributed by atoms with Crippen LogP contribution in [0.4, 0.5) is 0 Å². The Hall–Kier alpha value is -1.22. The largest absolute Gasteiger partial charge is 0.506 e. The Morgan fingerprint density at radius 1 is 1.50 bits per heavy atom. The van der Waals surface area contributed by atoms with E-state index in [-0.39, 0.29) is 16.7 Å². The average Bonchev–Trinajstić information content (AvgIpc) is 2.35. The molecule has 0 saturated heterocycles. The van der Waals surface area contributed by atoms with Crippen molar-refractivity contribution < 1.29 is 9.90 Å². The number of rotatable bonds is 0. The van der Waals surface area contributed by atoms with Crippen LogP contribution < -0.4 is 5.32 Å². The van der Waals surface area contributed by atoms with E-state index >= 15 is 0 Å². The lowest BCUT2D eigenvalue weighted by molar-refractivity contribution is 0.0965. The van der Waals surface area contributed by atoms with Crippen molar-refractivity contribution >= 4 is 17.5 Å². The summed E-state index contributed by atoms with van der Waals surface area (Å²) < 4.78 is 0. The van der Waals surface area contributed by atoms with Crippen molar-refractivity contribution in [2.75, 3.05) is 0 Å². The summed E-state index contributed by atoms with van der Waals surface area (Å²) in [5.74, 6) is -0.204. The van der Waals surface area contributed by atoms with E-state index in [4.69, 9.17) is 11.6 Å². The molecule has 0 atom stereocenters. The number of fused-ring (bicyclic) bond motifs is 1. The first kappa shape index (κ1) is 7.43. The van der Waals surface area contributed by atoms with Gasteiger partial charge in [0.2, 0.25) is 0 Å². The van der Waals surface area contributed by atoms with Crippen LogP contribution in [0.25, 0.3) is 0 Å². The van der Waals surface area contributed by atoms with Gasteiger partial charge in [-0.25, -0.2) is 0 Å². The summed E-state index contributed by atoms with van der Waals surface area (Å²) in [5.41, 5.74) is 1.35. The fraction of sp³-hybridized carbons (Fsp3) is 0.125. The molecule has 2 rings (SSSR count). The van der Waals surface area contributed by atoms with Crippen LogP contribution in [0.2, 0.25) is 5.02 Å². The Kier molecular flexibility index (Phi) is 1.48. The SMILES string of the molecule is O=C1NCc2cc(Cl)c(O)cc21. The average molecular weight is 184 g/mol. The molecule has 1 aromatic carbocycles. The van der Waals surface area contributed by atoms with Crippen LogP contribution in [0.15, 0.2) is 12.1 Å². The smallest absolute Gasteiger partial charge is 0.252 e. The molecule has 3 nitrogen and oxygen atoms in total. The molecular weight excluding hydrogens is 178 g/mol. The fourth-order valence-electron chi connectivity index (χ4n) is 1.23. The third kappa shape index (κ3) is 0.940. The number of phenolic OH excluding ortho intramolecular Hbond substituents is 1. The summed E-state index contributed by atoms with van der Waals surface area (Å²) in [4.78, 5) is 11.1. The van der Waals surface area contributed by atoms with Gasteiger partial charge in [-0.05, 0) is 17.7 Å². The summed E-state index contributed by atoms with van der Waals surface area (Å²) in [7, 11) is 0. The van der Waals surface area contributed by atoms with Crippen LogP contribution in [0.3, 0.4) is 0 Å². The first-order chi connectivity index (χ1) is 5.68. The Labute approximate surface area is 74.0 Å².